The van der Waals surface area contributed by atoms with E-state index in [1.807, 2.05) is 30.4 Å². The first-order valence-corrected chi connectivity index (χ1v) is 17.1. The molecule has 0 aliphatic heterocycles. The molecule has 2 nitrogen and oxygen atoms in total. The Morgan fingerprint density at radius 1 is 0.588 bits per heavy atom. The maximum Gasteiger partial charge on any atom is 0.135 e. The van der Waals surface area contributed by atoms with Crippen LogP contribution in [0.3, 0.4) is 0 Å². The van der Waals surface area contributed by atoms with Crippen molar-refractivity contribution in [3.8, 4) is 22.3 Å². The van der Waals surface area contributed by atoms with Crippen molar-refractivity contribution < 1.29 is 4.42 Å². The van der Waals surface area contributed by atoms with Crippen molar-refractivity contribution in [3.63, 3.8) is 0 Å². The smallest absolute Gasteiger partial charge is 0.135 e. The highest BCUT2D eigenvalue weighted by molar-refractivity contribution is 6.07. The molecular formula is C49H37NO. The lowest BCUT2D eigenvalue weighted by atomic mass is 9.67. The van der Waals surface area contributed by atoms with Crippen molar-refractivity contribution in [1.82, 2.24) is 0 Å². The molecule has 2 heteroatoms. The Hall–Kier alpha value is -6.64. The second-order valence-corrected chi connectivity index (χ2v) is 12.7. The molecule has 51 heavy (non-hydrogen) atoms. The summed E-state index contributed by atoms with van der Waals surface area (Å²) in [5.41, 5.74) is 13.4. The second-order valence-electron chi connectivity index (χ2n) is 12.7. The third-order valence-corrected chi connectivity index (χ3v) is 9.99. The highest BCUT2D eigenvalue weighted by Gasteiger charge is 2.46. The number of anilines is 2. The van der Waals surface area contributed by atoms with Gasteiger partial charge < -0.3 is 9.32 Å². The van der Waals surface area contributed by atoms with Crippen LogP contribution in [0.25, 0.3) is 44.2 Å². The molecule has 0 bridgehead atoms. The van der Waals surface area contributed by atoms with Crippen LogP contribution in [-0.2, 0) is 5.41 Å². The standard InChI is InChI=1S/C49H37NO/c1-5-8-17-34(4)50(40-29-31-48-44(33-40)43-32-36(24-30-47(43)51-48)35-18-10-9-11-19-35)39-27-25-38(26-28-39)49(37(7-3)16-6-2)45-22-14-12-20-41(45)42-21-13-15-23-46(42)49/h5-33H,1-4H2/b17-8-,37-16+. The molecule has 0 N–H and O–H groups in total. The van der Waals surface area contributed by atoms with Crippen LogP contribution >= 0.6 is 0 Å². The van der Waals surface area contributed by atoms with Gasteiger partial charge in [0, 0.05) is 27.8 Å². The molecule has 7 aromatic rings. The Bertz CT molecular complexity index is 2500. The minimum atomic E-state index is -0.558. The SMILES string of the molecule is C=C/C=C\C(=C)N(c1ccc(C2(/C(C=C)=C/C=C)c3ccccc3-c3ccccc32)cc1)c1ccc2oc3ccc(-c4ccccc4)cc3c2c1. The maximum absolute atomic E-state index is 6.31. The molecule has 1 heterocycles. The maximum atomic E-state index is 6.31. The second kappa shape index (κ2) is 13.0. The number of benzene rings is 6. The summed E-state index contributed by atoms with van der Waals surface area (Å²) >= 11 is 0. The normalized spacial score (nSPS) is 13.2. The van der Waals surface area contributed by atoms with Crippen LogP contribution < -0.4 is 4.90 Å². The van der Waals surface area contributed by atoms with E-state index < -0.39 is 5.41 Å². The first-order chi connectivity index (χ1) is 25.1. The van der Waals surface area contributed by atoms with Crippen molar-refractivity contribution in [2.75, 3.05) is 4.90 Å². The van der Waals surface area contributed by atoms with E-state index in [2.05, 4.69) is 171 Å². The van der Waals surface area contributed by atoms with Crippen LogP contribution in [0.2, 0.25) is 0 Å². The summed E-state index contributed by atoms with van der Waals surface area (Å²) in [6.07, 6.45) is 11.6. The van der Waals surface area contributed by atoms with Gasteiger partial charge in [-0.2, -0.15) is 0 Å². The third-order valence-electron chi connectivity index (χ3n) is 9.99. The molecule has 0 atom stereocenters. The van der Waals surface area contributed by atoms with Gasteiger partial charge in [-0.3, -0.25) is 0 Å². The number of hydrogen-bond acceptors (Lipinski definition) is 2. The average molecular weight is 656 g/mol. The van der Waals surface area contributed by atoms with Gasteiger partial charge in [0.05, 0.1) is 5.41 Å². The molecule has 0 saturated carbocycles. The van der Waals surface area contributed by atoms with Gasteiger partial charge >= 0.3 is 0 Å². The number of fused-ring (bicyclic) bond motifs is 6. The largest absolute Gasteiger partial charge is 0.456 e. The van der Waals surface area contributed by atoms with Crippen LogP contribution in [0.4, 0.5) is 11.4 Å². The van der Waals surface area contributed by atoms with Gasteiger partial charge in [-0.25, -0.2) is 0 Å². The quantitative estimate of drug-likeness (QED) is 0.136. The summed E-state index contributed by atoms with van der Waals surface area (Å²) < 4.78 is 6.31. The molecule has 0 amide bonds. The summed E-state index contributed by atoms with van der Waals surface area (Å²) in [6, 6.07) is 49.4. The van der Waals surface area contributed by atoms with Crippen molar-refractivity contribution in [2.45, 2.75) is 5.41 Å². The van der Waals surface area contributed by atoms with Crippen molar-refractivity contribution >= 4 is 33.3 Å². The predicted octanol–water partition coefficient (Wildman–Crippen LogP) is 13.3. The first kappa shape index (κ1) is 31.6. The number of nitrogens with zero attached hydrogens (tertiary/aromatic N) is 1. The molecule has 1 aliphatic rings. The Morgan fingerprint density at radius 2 is 1.20 bits per heavy atom. The summed E-state index contributed by atoms with van der Waals surface area (Å²) in [6.45, 7) is 16.8. The van der Waals surface area contributed by atoms with E-state index in [4.69, 9.17) is 4.42 Å². The van der Waals surface area contributed by atoms with Crippen molar-refractivity contribution in [1.29, 1.82) is 0 Å². The molecular weight excluding hydrogens is 619 g/mol. The zero-order chi connectivity index (χ0) is 35.0. The van der Waals surface area contributed by atoms with E-state index in [1.54, 1.807) is 6.08 Å². The fourth-order valence-corrected chi connectivity index (χ4v) is 7.81. The monoisotopic (exact) mass is 655 g/mol. The van der Waals surface area contributed by atoms with Gasteiger partial charge in [0.25, 0.3) is 0 Å². The fraction of sp³-hybridized carbons (Fsp3) is 0.0204. The summed E-state index contributed by atoms with van der Waals surface area (Å²) in [5.74, 6) is 0. The third kappa shape index (κ3) is 5.12. The number of allylic oxidation sites excluding steroid dienone is 7. The predicted molar refractivity (Wildman–Crippen MR) is 216 cm³/mol. The van der Waals surface area contributed by atoms with Crippen molar-refractivity contribution in [2.24, 2.45) is 0 Å². The molecule has 0 unspecified atom stereocenters. The Labute approximate surface area is 299 Å². The number of furan rings is 1. The molecule has 8 rings (SSSR count). The summed E-state index contributed by atoms with van der Waals surface area (Å²) in [7, 11) is 0. The van der Waals surface area contributed by atoms with Crippen molar-refractivity contribution in [3.05, 3.63) is 230 Å². The highest BCUT2D eigenvalue weighted by atomic mass is 16.3. The number of hydrogen-bond donors (Lipinski definition) is 0. The van der Waals surface area contributed by atoms with E-state index >= 15 is 0 Å². The molecule has 0 saturated heterocycles. The molecule has 0 fully saturated rings. The minimum absolute atomic E-state index is 0.558. The van der Waals surface area contributed by atoms with Crippen LogP contribution in [0, 0.1) is 0 Å². The van der Waals surface area contributed by atoms with E-state index in [0.29, 0.717) is 0 Å². The van der Waals surface area contributed by atoms with Gasteiger partial charge in [0.1, 0.15) is 11.2 Å². The van der Waals surface area contributed by atoms with Crippen LogP contribution in [0.15, 0.2) is 218 Å². The van der Waals surface area contributed by atoms with Gasteiger partial charge in [-0.1, -0.05) is 154 Å². The molecule has 244 valence electrons. The van der Waals surface area contributed by atoms with Gasteiger partial charge in [-0.05, 0) is 93.1 Å². The zero-order valence-corrected chi connectivity index (χ0v) is 28.4. The van der Waals surface area contributed by atoms with Crippen LogP contribution in [0.1, 0.15) is 16.7 Å². The average Bonchev–Trinajstić information content (AvgIpc) is 3.70. The van der Waals surface area contributed by atoms with E-state index in [1.165, 1.54) is 27.8 Å². The summed E-state index contributed by atoms with van der Waals surface area (Å²) in [4.78, 5) is 2.18. The minimum Gasteiger partial charge on any atom is -0.456 e. The molecule has 6 aromatic carbocycles. The molecule has 1 aliphatic carbocycles. The Kier molecular flexibility index (Phi) is 8.06. The first-order valence-electron chi connectivity index (χ1n) is 17.1. The molecule has 1 aromatic heterocycles. The molecule has 0 radical (unpaired) electrons. The van der Waals surface area contributed by atoms with Crippen LogP contribution in [-0.4, -0.2) is 0 Å². The lowest BCUT2D eigenvalue weighted by molar-refractivity contribution is 0.669. The van der Waals surface area contributed by atoms with Gasteiger partial charge in [0.2, 0.25) is 0 Å². The van der Waals surface area contributed by atoms with Gasteiger partial charge in [0.15, 0.2) is 0 Å². The topological polar surface area (TPSA) is 16.4 Å². The molecule has 0 spiro atoms. The lowest BCUT2D eigenvalue weighted by Gasteiger charge is -2.35. The van der Waals surface area contributed by atoms with Gasteiger partial charge in [-0.15, -0.1) is 0 Å². The Balaban J connectivity index is 1.29. The van der Waals surface area contributed by atoms with E-state index in [0.717, 1.165) is 55.7 Å². The highest BCUT2D eigenvalue weighted by Crippen LogP contribution is 2.56. The summed E-state index contributed by atoms with van der Waals surface area (Å²) in [5, 5.41) is 2.12. The number of rotatable bonds is 10. The van der Waals surface area contributed by atoms with E-state index in [9.17, 15) is 0 Å². The zero-order valence-electron chi connectivity index (χ0n) is 28.4. The Morgan fingerprint density at radius 3 is 1.84 bits per heavy atom. The fourth-order valence-electron chi connectivity index (χ4n) is 7.81. The van der Waals surface area contributed by atoms with E-state index in [-0.39, 0.29) is 0 Å². The lowest BCUT2D eigenvalue weighted by Crippen LogP contribution is -2.29. The van der Waals surface area contributed by atoms with Crippen LogP contribution in [0.5, 0.6) is 0 Å².